The standard InChI is InChI=1S/C17H19NO3S2/c1-11(2)16(14-8-5-9-22-14)18-15(19)10-23-13-7-4-3-6-12(13)17(20)21/h3-9,11,16H,10H2,1-2H3,(H,18,19)(H,20,21)/t16-/m0/s1. The molecule has 1 aromatic heterocycles. The summed E-state index contributed by atoms with van der Waals surface area (Å²) >= 11 is 2.87. The molecule has 1 heterocycles. The molecule has 2 N–H and O–H groups in total. The van der Waals surface area contributed by atoms with Crippen molar-refractivity contribution in [3.8, 4) is 0 Å². The fourth-order valence-corrected chi connectivity index (χ4v) is 3.97. The maximum Gasteiger partial charge on any atom is 0.336 e. The second-order valence-electron chi connectivity index (χ2n) is 5.39. The van der Waals surface area contributed by atoms with Crippen molar-refractivity contribution in [1.29, 1.82) is 0 Å². The van der Waals surface area contributed by atoms with Gasteiger partial charge >= 0.3 is 5.97 Å². The van der Waals surface area contributed by atoms with Crippen molar-refractivity contribution in [3.63, 3.8) is 0 Å². The number of rotatable bonds is 7. The van der Waals surface area contributed by atoms with Crippen LogP contribution in [-0.2, 0) is 4.79 Å². The highest BCUT2D eigenvalue weighted by molar-refractivity contribution is 8.00. The molecule has 1 atom stereocenters. The predicted octanol–water partition coefficient (Wildman–Crippen LogP) is 4.05. The summed E-state index contributed by atoms with van der Waals surface area (Å²) in [4.78, 5) is 25.1. The summed E-state index contributed by atoms with van der Waals surface area (Å²) in [7, 11) is 0. The highest BCUT2D eigenvalue weighted by Crippen LogP contribution is 2.27. The van der Waals surface area contributed by atoms with Crippen molar-refractivity contribution < 1.29 is 14.7 Å². The van der Waals surface area contributed by atoms with Gasteiger partial charge in [-0.05, 0) is 29.5 Å². The second kappa shape index (κ2) is 8.17. The zero-order valence-electron chi connectivity index (χ0n) is 13.0. The number of carbonyl (C=O) groups excluding carboxylic acids is 1. The number of carbonyl (C=O) groups is 2. The Kier molecular flexibility index (Phi) is 6.24. The molecule has 0 unspecified atom stereocenters. The predicted molar refractivity (Wildman–Crippen MR) is 94.2 cm³/mol. The van der Waals surface area contributed by atoms with E-state index in [1.165, 1.54) is 11.8 Å². The van der Waals surface area contributed by atoms with Gasteiger partial charge in [0.25, 0.3) is 0 Å². The molecule has 1 aromatic carbocycles. The molecule has 0 saturated heterocycles. The SMILES string of the molecule is CC(C)[C@H](NC(=O)CSc1ccccc1C(=O)O)c1cccs1. The van der Waals surface area contributed by atoms with Crippen molar-refractivity contribution in [2.24, 2.45) is 5.92 Å². The summed E-state index contributed by atoms with van der Waals surface area (Å²) in [5.41, 5.74) is 0.226. The number of benzene rings is 1. The summed E-state index contributed by atoms with van der Waals surface area (Å²) in [5.74, 6) is -0.595. The third-order valence-corrected chi connectivity index (χ3v) is 5.34. The van der Waals surface area contributed by atoms with Crippen LogP contribution in [0.3, 0.4) is 0 Å². The molecule has 4 nitrogen and oxygen atoms in total. The molecular formula is C17H19NO3S2. The average Bonchev–Trinajstić information content (AvgIpc) is 3.04. The average molecular weight is 349 g/mol. The lowest BCUT2D eigenvalue weighted by molar-refractivity contribution is -0.119. The Bertz CT molecular complexity index is 668. The molecule has 0 aliphatic heterocycles. The maximum atomic E-state index is 12.2. The number of hydrogen-bond donors (Lipinski definition) is 2. The zero-order chi connectivity index (χ0) is 16.8. The number of carboxylic acids is 1. The Hall–Kier alpha value is -1.79. The first kappa shape index (κ1) is 17.6. The van der Waals surface area contributed by atoms with Crippen molar-refractivity contribution in [2.75, 3.05) is 5.75 Å². The lowest BCUT2D eigenvalue weighted by Crippen LogP contribution is -2.32. The van der Waals surface area contributed by atoms with E-state index in [1.54, 1.807) is 35.6 Å². The van der Waals surface area contributed by atoms with Crippen LogP contribution in [0.1, 0.15) is 35.1 Å². The van der Waals surface area contributed by atoms with E-state index < -0.39 is 5.97 Å². The highest BCUT2D eigenvalue weighted by Gasteiger charge is 2.19. The summed E-state index contributed by atoms with van der Waals surface area (Å²) in [6.07, 6.45) is 0. The smallest absolute Gasteiger partial charge is 0.336 e. The number of nitrogens with one attached hydrogen (secondary N) is 1. The van der Waals surface area contributed by atoms with Crippen LogP contribution in [0.5, 0.6) is 0 Å². The summed E-state index contributed by atoms with van der Waals surface area (Å²) < 4.78 is 0. The van der Waals surface area contributed by atoms with Gasteiger partial charge in [-0.2, -0.15) is 0 Å². The number of amides is 1. The molecule has 0 bridgehead atoms. The van der Waals surface area contributed by atoms with Crippen molar-refractivity contribution in [3.05, 3.63) is 52.2 Å². The number of aromatic carboxylic acids is 1. The molecule has 1 amide bonds. The summed E-state index contributed by atoms with van der Waals surface area (Å²) in [5, 5.41) is 14.2. The van der Waals surface area contributed by atoms with Gasteiger partial charge in [-0.3, -0.25) is 4.79 Å². The van der Waals surface area contributed by atoms with Crippen LogP contribution >= 0.6 is 23.1 Å². The number of thioether (sulfide) groups is 1. The molecule has 0 fully saturated rings. The van der Waals surface area contributed by atoms with E-state index in [1.807, 2.05) is 17.5 Å². The molecule has 23 heavy (non-hydrogen) atoms. The molecule has 0 radical (unpaired) electrons. The van der Waals surface area contributed by atoms with Gasteiger partial charge in [-0.25, -0.2) is 4.79 Å². The van der Waals surface area contributed by atoms with Crippen LogP contribution in [-0.4, -0.2) is 22.7 Å². The Morgan fingerprint density at radius 1 is 1.22 bits per heavy atom. The van der Waals surface area contributed by atoms with E-state index in [0.717, 1.165) is 4.88 Å². The zero-order valence-corrected chi connectivity index (χ0v) is 14.6. The molecule has 0 aliphatic rings. The van der Waals surface area contributed by atoms with Gasteiger partial charge in [0.15, 0.2) is 0 Å². The minimum atomic E-state index is -0.979. The van der Waals surface area contributed by atoms with E-state index in [4.69, 9.17) is 5.11 Å². The third kappa shape index (κ3) is 4.84. The normalized spacial score (nSPS) is 12.1. The first-order chi connectivity index (χ1) is 11.0. The van der Waals surface area contributed by atoms with Crippen molar-refractivity contribution in [1.82, 2.24) is 5.32 Å². The minimum absolute atomic E-state index is 0.0159. The monoisotopic (exact) mass is 349 g/mol. The van der Waals surface area contributed by atoms with Crippen LogP contribution in [0, 0.1) is 5.92 Å². The largest absolute Gasteiger partial charge is 0.478 e. The number of carboxylic acid groups (broad SMARTS) is 1. The molecular weight excluding hydrogens is 330 g/mol. The van der Waals surface area contributed by atoms with E-state index in [-0.39, 0.29) is 29.2 Å². The molecule has 2 rings (SSSR count). The van der Waals surface area contributed by atoms with Gasteiger partial charge in [0.05, 0.1) is 17.4 Å². The molecule has 0 saturated carbocycles. The lowest BCUT2D eigenvalue weighted by Gasteiger charge is -2.21. The van der Waals surface area contributed by atoms with Crippen LogP contribution in [0.15, 0.2) is 46.7 Å². The Balaban J connectivity index is 1.99. The maximum absolute atomic E-state index is 12.2. The van der Waals surface area contributed by atoms with Crippen LogP contribution in [0.2, 0.25) is 0 Å². The van der Waals surface area contributed by atoms with Gasteiger partial charge in [-0.15, -0.1) is 23.1 Å². The van der Waals surface area contributed by atoms with Gasteiger partial charge in [0.2, 0.25) is 5.91 Å². The van der Waals surface area contributed by atoms with Crippen molar-refractivity contribution in [2.45, 2.75) is 24.8 Å². The van der Waals surface area contributed by atoms with Gasteiger partial charge in [-0.1, -0.05) is 32.0 Å². The number of hydrogen-bond acceptors (Lipinski definition) is 4. The van der Waals surface area contributed by atoms with E-state index in [2.05, 4.69) is 19.2 Å². The fourth-order valence-electron chi connectivity index (χ4n) is 2.16. The fraction of sp³-hybridized carbons (Fsp3) is 0.294. The Morgan fingerprint density at radius 3 is 2.57 bits per heavy atom. The first-order valence-electron chi connectivity index (χ1n) is 7.27. The molecule has 0 spiro atoms. The summed E-state index contributed by atoms with van der Waals surface area (Å²) in [6, 6.07) is 10.7. The first-order valence-corrected chi connectivity index (χ1v) is 9.13. The third-order valence-electron chi connectivity index (χ3n) is 3.31. The topological polar surface area (TPSA) is 66.4 Å². The Morgan fingerprint density at radius 2 is 1.96 bits per heavy atom. The van der Waals surface area contributed by atoms with E-state index in [0.29, 0.717) is 4.90 Å². The van der Waals surface area contributed by atoms with Gasteiger partial charge < -0.3 is 10.4 Å². The second-order valence-corrected chi connectivity index (χ2v) is 7.39. The van der Waals surface area contributed by atoms with Crippen molar-refractivity contribution >= 4 is 35.0 Å². The van der Waals surface area contributed by atoms with Crippen LogP contribution in [0.4, 0.5) is 0 Å². The van der Waals surface area contributed by atoms with E-state index >= 15 is 0 Å². The summed E-state index contributed by atoms with van der Waals surface area (Å²) in [6.45, 7) is 4.13. The van der Waals surface area contributed by atoms with Gasteiger partial charge in [0.1, 0.15) is 0 Å². The van der Waals surface area contributed by atoms with Crippen LogP contribution in [0.25, 0.3) is 0 Å². The van der Waals surface area contributed by atoms with E-state index in [9.17, 15) is 9.59 Å². The molecule has 2 aromatic rings. The molecule has 122 valence electrons. The quantitative estimate of drug-likeness (QED) is 0.740. The number of thiophene rings is 1. The lowest BCUT2D eigenvalue weighted by atomic mass is 10.0. The van der Waals surface area contributed by atoms with Crippen LogP contribution < -0.4 is 5.32 Å². The highest BCUT2D eigenvalue weighted by atomic mass is 32.2. The Labute approximate surface area is 143 Å². The molecule has 0 aliphatic carbocycles. The van der Waals surface area contributed by atoms with Gasteiger partial charge in [0, 0.05) is 9.77 Å². The minimum Gasteiger partial charge on any atom is -0.478 e. The molecule has 6 heteroatoms.